The molecule has 1 rings (SSSR count). The van der Waals surface area contributed by atoms with Gasteiger partial charge in [-0.15, -0.1) is 0 Å². The molecule has 334 valence electrons. The van der Waals surface area contributed by atoms with Gasteiger partial charge in [0.05, 0.1) is 24.9 Å². The van der Waals surface area contributed by atoms with E-state index < -0.39 is 127 Å². The van der Waals surface area contributed by atoms with Gasteiger partial charge in [0.15, 0.2) is 0 Å². The van der Waals surface area contributed by atoms with Gasteiger partial charge < -0.3 is 47.1 Å². The van der Waals surface area contributed by atoms with Crippen molar-refractivity contribution < 1.29 is 63.3 Å². The Bertz CT molecular complexity index is 1720. The number of hydrogen-bond acceptors (Lipinski definition) is 12. The summed E-state index contributed by atoms with van der Waals surface area (Å²) >= 11 is 1.46. The number of carboxylic acid groups (broad SMARTS) is 3. The van der Waals surface area contributed by atoms with Crippen LogP contribution in [0.1, 0.15) is 90.7 Å². The molecule has 0 radical (unpaired) electrons. The maximum atomic E-state index is 15.0. The van der Waals surface area contributed by atoms with E-state index in [0.29, 0.717) is 34.5 Å². The number of aldehydes is 1. The van der Waals surface area contributed by atoms with Crippen LogP contribution in [0.4, 0.5) is 0 Å². The minimum absolute atomic E-state index is 0.0784. The molecule has 19 nitrogen and oxygen atoms in total. The van der Waals surface area contributed by atoms with Gasteiger partial charge in [-0.25, -0.2) is 0 Å². The first-order chi connectivity index (χ1) is 27.9. The number of aliphatic carboxylic acids is 3. The van der Waals surface area contributed by atoms with Gasteiger partial charge in [0.1, 0.15) is 30.5 Å². The van der Waals surface area contributed by atoms with Crippen LogP contribution in [0, 0.1) is 18.3 Å². The molecular weight excluding hydrogens is 805 g/mol. The van der Waals surface area contributed by atoms with Crippen LogP contribution in [0.3, 0.4) is 0 Å². The third-order valence-electron chi connectivity index (χ3n) is 9.16. The summed E-state index contributed by atoms with van der Waals surface area (Å²) in [5, 5.41) is 38.0. The number of nitrogens with zero attached hydrogens (tertiary/aromatic N) is 1. The van der Waals surface area contributed by atoms with Gasteiger partial charge in [-0.3, -0.25) is 48.1 Å². The van der Waals surface area contributed by atoms with E-state index in [0.717, 1.165) is 0 Å². The molecule has 20 heteroatoms. The monoisotopic (exact) mass is 864 g/mol. The fourth-order valence-corrected chi connectivity index (χ4v) is 6.57. The number of nitrogens with one attached hydrogen (secondary N) is 4. The van der Waals surface area contributed by atoms with Gasteiger partial charge in [-0.05, 0) is 60.7 Å². The Hall–Kier alpha value is -5.37. The molecule has 1 aromatic carbocycles. The Morgan fingerprint density at radius 3 is 1.85 bits per heavy atom. The molecule has 0 aliphatic rings. The van der Waals surface area contributed by atoms with E-state index in [2.05, 4.69) is 21.3 Å². The summed E-state index contributed by atoms with van der Waals surface area (Å²) in [4.78, 5) is 131. The SMILES string of the molecule is CSCCC(C=O)NC(=O)[C@H](CC(C)C)NC(=O)[C@@H](N(C(=O)CCC(=O)O)C(=O)[C@H](Cc1ccccc1C)NC(=O)[C@H](CCC(=O)O)NC(=O)[C@@H](N)CC(=O)O)C(C)(C)C. The molecule has 9 N–H and O–H groups in total. The molecule has 1 aromatic rings. The number of thioether (sulfide) groups is 1. The average molecular weight is 865 g/mol. The van der Waals surface area contributed by atoms with E-state index in [9.17, 15) is 58.2 Å². The number of carbonyl (C=O) groups excluding carboxylic acids is 7. The van der Waals surface area contributed by atoms with Crippen LogP contribution < -0.4 is 27.0 Å². The lowest BCUT2D eigenvalue weighted by Crippen LogP contribution is -2.64. The number of carboxylic acids is 3. The van der Waals surface area contributed by atoms with Crippen molar-refractivity contribution in [2.24, 2.45) is 17.1 Å². The zero-order chi connectivity index (χ0) is 45.9. The second-order valence-corrected chi connectivity index (χ2v) is 16.9. The Balaban J connectivity index is 3.93. The molecule has 0 fully saturated rings. The van der Waals surface area contributed by atoms with Crippen molar-refractivity contribution in [1.29, 1.82) is 0 Å². The maximum Gasteiger partial charge on any atom is 0.305 e. The number of carbonyl (C=O) groups is 10. The highest BCUT2D eigenvalue weighted by molar-refractivity contribution is 7.98. The van der Waals surface area contributed by atoms with Crippen molar-refractivity contribution in [3.05, 3.63) is 35.4 Å². The summed E-state index contributed by atoms with van der Waals surface area (Å²) in [6.07, 6.45) is -1.07. The number of rotatable bonds is 26. The summed E-state index contributed by atoms with van der Waals surface area (Å²) in [6.45, 7) is 9.85. The first kappa shape index (κ1) is 52.6. The van der Waals surface area contributed by atoms with E-state index in [-0.39, 0.29) is 18.8 Å². The highest BCUT2D eigenvalue weighted by Gasteiger charge is 2.46. The minimum Gasteiger partial charge on any atom is -0.481 e. The lowest BCUT2D eigenvalue weighted by Gasteiger charge is -2.40. The molecule has 0 aromatic heterocycles. The summed E-state index contributed by atoms with van der Waals surface area (Å²) in [6, 6.07) is -2.21. The molecule has 6 amide bonds. The third kappa shape index (κ3) is 18.3. The molecule has 0 saturated heterocycles. The zero-order valence-electron chi connectivity index (χ0n) is 35.1. The third-order valence-corrected chi connectivity index (χ3v) is 9.81. The predicted octanol–water partition coefficient (Wildman–Crippen LogP) is 0.776. The lowest BCUT2D eigenvalue weighted by molar-refractivity contribution is -0.159. The average Bonchev–Trinajstić information content (AvgIpc) is 3.14. The Kier molecular flexibility index (Phi) is 22.2. The quantitative estimate of drug-likeness (QED) is 0.0597. The normalized spacial score (nSPS) is 14.3. The molecule has 60 heavy (non-hydrogen) atoms. The fourth-order valence-electron chi connectivity index (χ4n) is 6.08. The van der Waals surface area contributed by atoms with Crippen LogP contribution in [-0.4, -0.2) is 128 Å². The lowest BCUT2D eigenvalue weighted by atomic mass is 9.83. The van der Waals surface area contributed by atoms with E-state index in [1.165, 1.54) is 32.5 Å². The van der Waals surface area contributed by atoms with Crippen LogP contribution in [-0.2, 0) is 54.4 Å². The standard InChI is InChI=1S/C40H60N6O13S/c1-22(2)18-28(37(57)42-25(21-47)16-17-60-7)44-38(58)34(40(4,5)6)46(30(48)13-15-32(51)52)39(59)29(19-24-11-9-8-10-23(24)3)45-36(56)27(12-14-31(49)50)43-35(55)26(41)20-33(53)54/h8-11,21-22,25-29,34H,12-20,41H2,1-7H3,(H,42,57)(H,43,55)(H,44,58)(H,45,56)(H,49,50)(H,51,52)(H,53,54)/t25?,26-,27-,28-,29-,34+/m0/s1. The molecule has 0 bridgehead atoms. The molecular formula is C40H60N6O13S. The highest BCUT2D eigenvalue weighted by Crippen LogP contribution is 2.28. The number of aryl methyl sites for hydroxylation is 1. The first-order valence-electron chi connectivity index (χ1n) is 19.4. The van der Waals surface area contributed by atoms with Crippen LogP contribution >= 0.6 is 11.8 Å². The zero-order valence-corrected chi connectivity index (χ0v) is 36.0. The summed E-state index contributed by atoms with van der Waals surface area (Å²) < 4.78 is 0. The number of benzene rings is 1. The largest absolute Gasteiger partial charge is 0.481 e. The molecule has 6 atom stereocenters. The van der Waals surface area contributed by atoms with Gasteiger partial charge in [-0.1, -0.05) is 58.9 Å². The number of nitrogens with two attached hydrogens (primary N) is 1. The number of amides is 6. The second kappa shape index (κ2) is 25.3. The van der Waals surface area contributed by atoms with Crippen molar-refractivity contribution in [2.45, 2.75) is 129 Å². The minimum atomic E-state index is -1.74. The van der Waals surface area contributed by atoms with Crippen LogP contribution in [0.5, 0.6) is 0 Å². The molecule has 1 unspecified atom stereocenters. The van der Waals surface area contributed by atoms with Gasteiger partial charge >= 0.3 is 17.9 Å². The van der Waals surface area contributed by atoms with Gasteiger partial charge in [0.25, 0.3) is 5.91 Å². The van der Waals surface area contributed by atoms with Gasteiger partial charge in [-0.2, -0.15) is 11.8 Å². The van der Waals surface area contributed by atoms with Crippen molar-refractivity contribution in [2.75, 3.05) is 12.0 Å². The molecule has 0 heterocycles. The maximum absolute atomic E-state index is 15.0. The van der Waals surface area contributed by atoms with Crippen LogP contribution in [0.15, 0.2) is 24.3 Å². The fraction of sp³-hybridized carbons (Fsp3) is 0.600. The van der Waals surface area contributed by atoms with E-state index >= 15 is 0 Å². The Morgan fingerprint density at radius 2 is 1.33 bits per heavy atom. The molecule has 0 saturated carbocycles. The molecule has 0 aliphatic carbocycles. The topological polar surface area (TPSA) is 309 Å². The predicted molar refractivity (Wildman–Crippen MR) is 220 cm³/mol. The van der Waals surface area contributed by atoms with E-state index in [1.807, 2.05) is 6.26 Å². The summed E-state index contributed by atoms with van der Waals surface area (Å²) in [7, 11) is 0. The Morgan fingerprint density at radius 1 is 0.767 bits per heavy atom. The van der Waals surface area contributed by atoms with E-state index in [1.54, 1.807) is 45.0 Å². The smallest absolute Gasteiger partial charge is 0.305 e. The van der Waals surface area contributed by atoms with Crippen molar-refractivity contribution >= 4 is 71.4 Å². The highest BCUT2D eigenvalue weighted by atomic mass is 32.2. The van der Waals surface area contributed by atoms with Crippen LogP contribution in [0.2, 0.25) is 0 Å². The molecule has 0 aliphatic heterocycles. The summed E-state index contributed by atoms with van der Waals surface area (Å²) in [5.41, 5.74) is 5.50. The first-order valence-corrected chi connectivity index (χ1v) is 20.8. The van der Waals surface area contributed by atoms with E-state index in [4.69, 9.17) is 10.8 Å². The summed E-state index contributed by atoms with van der Waals surface area (Å²) in [5.74, 6) is -9.98. The van der Waals surface area contributed by atoms with Gasteiger partial charge in [0.2, 0.25) is 29.5 Å². The van der Waals surface area contributed by atoms with Crippen LogP contribution in [0.25, 0.3) is 0 Å². The van der Waals surface area contributed by atoms with Crippen molar-refractivity contribution in [3.63, 3.8) is 0 Å². The Labute approximate surface area is 353 Å². The number of imide groups is 1. The van der Waals surface area contributed by atoms with Gasteiger partial charge in [0, 0.05) is 19.3 Å². The molecule has 0 spiro atoms. The van der Waals surface area contributed by atoms with Crippen molar-refractivity contribution in [3.8, 4) is 0 Å². The van der Waals surface area contributed by atoms with Crippen molar-refractivity contribution in [1.82, 2.24) is 26.2 Å². The number of hydrogen-bond donors (Lipinski definition) is 8. The second-order valence-electron chi connectivity index (χ2n) is 15.9.